The van der Waals surface area contributed by atoms with E-state index in [0.717, 1.165) is 0 Å². The van der Waals surface area contributed by atoms with Gasteiger partial charge in [-0.2, -0.15) is 11.3 Å². The van der Waals surface area contributed by atoms with Crippen molar-refractivity contribution in [2.24, 2.45) is 0 Å². The first-order valence-electron chi connectivity index (χ1n) is 3.85. The molecule has 0 unspecified atom stereocenters. The van der Waals surface area contributed by atoms with Gasteiger partial charge in [0.2, 0.25) is 0 Å². The number of alkyl halides is 1. The first-order valence-corrected chi connectivity index (χ1v) is 6.38. The lowest BCUT2D eigenvalue weighted by molar-refractivity contribution is 1.50. The average Bonchev–Trinajstić information content (AvgIpc) is 2.71. The van der Waals surface area contributed by atoms with E-state index in [1.54, 1.807) is 11.3 Å². The summed E-state index contributed by atoms with van der Waals surface area (Å²) in [6, 6.07) is 4.04. The minimum atomic E-state index is 1.71. The van der Waals surface area contributed by atoms with Crippen LogP contribution in [-0.2, 0) is 0 Å². The van der Waals surface area contributed by atoms with Crippen LogP contribution in [0.2, 0.25) is 0 Å². The highest BCUT2D eigenvalue weighted by Gasteiger charge is 1.58. The molecular weight excluding hydrogens is 220 g/mol. The second-order valence-electron chi connectivity index (χ2n) is 0.793. The van der Waals surface area contributed by atoms with Gasteiger partial charge < -0.3 is 0 Å². The molecule has 0 atom stereocenters. The second kappa shape index (κ2) is 32.0. The number of hydrogen-bond acceptors (Lipinski definition) is 1. The van der Waals surface area contributed by atoms with Crippen LogP contribution in [0.25, 0.3) is 0 Å². The molecule has 1 heterocycles. The van der Waals surface area contributed by atoms with E-state index in [-0.39, 0.29) is 0 Å². The third-order valence-electron chi connectivity index (χ3n) is 0.425. The van der Waals surface area contributed by atoms with Crippen LogP contribution >= 0.6 is 27.3 Å². The lowest BCUT2D eigenvalue weighted by Crippen LogP contribution is -1.16. The number of halogens is 1. The van der Waals surface area contributed by atoms with Gasteiger partial charge in [-0.15, -0.1) is 0 Å². The Morgan fingerprint density at radius 1 is 0.818 bits per heavy atom. The van der Waals surface area contributed by atoms with Crippen molar-refractivity contribution in [3.8, 4) is 0 Å². The molecule has 0 fully saturated rings. The van der Waals surface area contributed by atoms with Gasteiger partial charge in [0.25, 0.3) is 0 Å². The van der Waals surface area contributed by atoms with E-state index >= 15 is 0 Å². The topological polar surface area (TPSA) is 0 Å². The first-order chi connectivity index (χ1) is 5.50. The fraction of sp³-hybridized carbons (Fsp3) is 0.556. The van der Waals surface area contributed by atoms with Gasteiger partial charge in [0.15, 0.2) is 0 Å². The molecule has 68 valence electrons. The fourth-order valence-corrected chi connectivity index (χ4v) is 0.680. The van der Waals surface area contributed by atoms with Gasteiger partial charge in [-0.25, -0.2) is 0 Å². The SMILES string of the molecule is CBr.CC.CC.c1ccsc1. The second-order valence-corrected chi connectivity index (χ2v) is 1.61. The van der Waals surface area contributed by atoms with Gasteiger partial charge in [0, 0.05) is 0 Å². The molecule has 0 saturated heterocycles. The van der Waals surface area contributed by atoms with Crippen LogP contribution in [0, 0.1) is 0 Å². The molecule has 0 spiro atoms. The molecule has 0 saturated carbocycles. The Bertz CT molecular complexity index is 66.0. The van der Waals surface area contributed by atoms with Crippen LogP contribution in [0.3, 0.4) is 0 Å². The van der Waals surface area contributed by atoms with Crippen molar-refractivity contribution in [1.29, 1.82) is 0 Å². The molecule has 0 bridgehead atoms. The molecular formula is C9H19BrS. The Morgan fingerprint density at radius 2 is 1.09 bits per heavy atom. The summed E-state index contributed by atoms with van der Waals surface area (Å²) < 4.78 is 0. The molecule has 1 rings (SSSR count). The minimum absolute atomic E-state index is 1.71. The third kappa shape index (κ3) is 25.4. The van der Waals surface area contributed by atoms with E-state index in [1.165, 1.54) is 0 Å². The van der Waals surface area contributed by atoms with Crippen LogP contribution in [0.1, 0.15) is 27.7 Å². The van der Waals surface area contributed by atoms with E-state index in [1.807, 2.05) is 56.4 Å². The molecule has 0 aliphatic heterocycles. The summed E-state index contributed by atoms with van der Waals surface area (Å²) in [7, 11) is 0. The summed E-state index contributed by atoms with van der Waals surface area (Å²) in [5, 5.41) is 4.08. The van der Waals surface area contributed by atoms with E-state index < -0.39 is 0 Å². The van der Waals surface area contributed by atoms with Gasteiger partial charge in [-0.3, -0.25) is 0 Å². The summed E-state index contributed by atoms with van der Waals surface area (Å²) in [5.41, 5.74) is 0. The maximum atomic E-state index is 2.94. The zero-order chi connectivity index (χ0) is 9.54. The van der Waals surface area contributed by atoms with Crippen LogP contribution < -0.4 is 0 Å². The number of thiophene rings is 1. The molecule has 0 aliphatic carbocycles. The van der Waals surface area contributed by atoms with E-state index in [0.29, 0.717) is 0 Å². The summed E-state index contributed by atoms with van der Waals surface area (Å²) in [6.45, 7) is 8.00. The highest BCUT2D eigenvalue weighted by atomic mass is 79.9. The highest BCUT2D eigenvalue weighted by molar-refractivity contribution is 9.08. The van der Waals surface area contributed by atoms with Crippen LogP contribution in [-0.4, -0.2) is 5.83 Å². The lowest BCUT2D eigenvalue weighted by Gasteiger charge is -1.39. The maximum absolute atomic E-state index is 2.94. The van der Waals surface area contributed by atoms with Gasteiger partial charge in [0.05, 0.1) is 0 Å². The minimum Gasteiger partial charge on any atom is -0.152 e. The molecule has 0 aromatic carbocycles. The molecule has 0 radical (unpaired) electrons. The zero-order valence-corrected chi connectivity index (χ0v) is 10.5. The Labute approximate surface area is 83.8 Å². The van der Waals surface area contributed by atoms with E-state index in [4.69, 9.17) is 0 Å². The standard InChI is InChI=1S/C4H4S.2C2H6.CH3Br/c1-2-4-5-3-1;3*1-2/h1-4H;2*1-2H3;1H3. The summed E-state index contributed by atoms with van der Waals surface area (Å²) in [4.78, 5) is 0. The molecule has 0 nitrogen and oxygen atoms in total. The van der Waals surface area contributed by atoms with Crippen molar-refractivity contribution in [2.75, 3.05) is 5.83 Å². The molecule has 11 heavy (non-hydrogen) atoms. The predicted molar refractivity (Wildman–Crippen MR) is 61.9 cm³/mol. The first kappa shape index (κ1) is 17.3. The van der Waals surface area contributed by atoms with E-state index in [9.17, 15) is 0 Å². The quantitative estimate of drug-likeness (QED) is 0.570. The average molecular weight is 239 g/mol. The Kier molecular flexibility index (Phi) is 50.3. The highest BCUT2D eigenvalue weighted by Crippen LogP contribution is 1.91. The van der Waals surface area contributed by atoms with Crippen LogP contribution in [0.15, 0.2) is 22.9 Å². The van der Waals surface area contributed by atoms with Crippen LogP contribution in [0.4, 0.5) is 0 Å². The van der Waals surface area contributed by atoms with Gasteiger partial charge >= 0.3 is 0 Å². The Balaban J connectivity index is -0.0000000933. The van der Waals surface area contributed by atoms with Gasteiger partial charge in [0.1, 0.15) is 0 Å². The maximum Gasteiger partial charge on any atom is -0.00848 e. The van der Waals surface area contributed by atoms with Crippen molar-refractivity contribution in [2.45, 2.75) is 27.7 Å². The summed E-state index contributed by atoms with van der Waals surface area (Å²) in [6.07, 6.45) is 0. The van der Waals surface area contributed by atoms with Gasteiger partial charge in [-0.1, -0.05) is 55.8 Å². The summed E-state index contributed by atoms with van der Waals surface area (Å²) >= 11 is 4.65. The van der Waals surface area contributed by atoms with Crippen molar-refractivity contribution < 1.29 is 0 Å². The summed E-state index contributed by atoms with van der Waals surface area (Å²) in [5.74, 6) is 1.81. The monoisotopic (exact) mass is 238 g/mol. The lowest BCUT2D eigenvalue weighted by atomic mass is 10.7. The van der Waals surface area contributed by atoms with Crippen molar-refractivity contribution in [3.63, 3.8) is 0 Å². The zero-order valence-electron chi connectivity index (χ0n) is 8.10. The Morgan fingerprint density at radius 3 is 1.18 bits per heavy atom. The van der Waals surface area contributed by atoms with Crippen LogP contribution in [0.5, 0.6) is 0 Å². The largest absolute Gasteiger partial charge is 0.152 e. The Hall–Kier alpha value is 0.180. The molecule has 2 heteroatoms. The predicted octanol–water partition coefficient (Wildman–Crippen LogP) is 4.81. The third-order valence-corrected chi connectivity index (χ3v) is 1.05. The fourth-order valence-electron chi connectivity index (χ4n) is 0.227. The molecule has 0 amide bonds. The van der Waals surface area contributed by atoms with Gasteiger partial charge in [-0.05, 0) is 16.6 Å². The normalized spacial score (nSPS) is 5.27. The molecule has 1 aromatic rings. The van der Waals surface area contributed by atoms with E-state index in [2.05, 4.69) is 15.9 Å². The molecule has 1 aromatic heterocycles. The molecule has 0 N–H and O–H groups in total. The number of rotatable bonds is 0. The van der Waals surface area contributed by atoms with Crippen molar-refractivity contribution in [1.82, 2.24) is 0 Å². The number of hydrogen-bond donors (Lipinski definition) is 0. The van der Waals surface area contributed by atoms with Crippen molar-refractivity contribution >= 4 is 27.3 Å². The smallest absolute Gasteiger partial charge is 0.00848 e. The van der Waals surface area contributed by atoms with Crippen molar-refractivity contribution in [3.05, 3.63) is 22.9 Å². The molecule has 0 aliphatic rings.